The number of hydrogen-bond donors (Lipinski definition) is 2. The summed E-state index contributed by atoms with van der Waals surface area (Å²) in [5.74, 6) is 0. The Hall–Kier alpha value is -4.30. The molecule has 0 saturated carbocycles. The SMILES string of the molecule is Cc1ccccc1-c1cc(Nc2ccccc2)ccc1-c1ccc(Nc2ccccc2)cc1. The van der Waals surface area contributed by atoms with Crippen LogP contribution in [0.5, 0.6) is 0 Å². The molecule has 0 radical (unpaired) electrons. The molecular formula is C31H26N2. The zero-order valence-corrected chi connectivity index (χ0v) is 18.6. The lowest BCUT2D eigenvalue weighted by molar-refractivity contribution is 1.45. The second kappa shape index (κ2) is 9.46. The fourth-order valence-corrected chi connectivity index (χ4v) is 4.08. The van der Waals surface area contributed by atoms with Crippen LogP contribution in [0.2, 0.25) is 0 Å². The van der Waals surface area contributed by atoms with E-state index in [1.54, 1.807) is 0 Å². The Balaban J connectivity index is 1.51. The van der Waals surface area contributed by atoms with Crippen molar-refractivity contribution in [3.05, 3.63) is 133 Å². The monoisotopic (exact) mass is 426 g/mol. The number of rotatable bonds is 6. The third-order valence-corrected chi connectivity index (χ3v) is 5.78. The number of benzene rings is 5. The van der Waals surface area contributed by atoms with Crippen LogP contribution in [0.4, 0.5) is 22.7 Å². The van der Waals surface area contributed by atoms with Crippen molar-refractivity contribution in [3.8, 4) is 22.3 Å². The molecule has 5 aromatic carbocycles. The molecular weight excluding hydrogens is 400 g/mol. The van der Waals surface area contributed by atoms with Crippen molar-refractivity contribution in [2.45, 2.75) is 6.92 Å². The van der Waals surface area contributed by atoms with Crippen molar-refractivity contribution in [3.63, 3.8) is 0 Å². The predicted octanol–water partition coefficient (Wildman–Crippen LogP) is 8.82. The Morgan fingerprint density at radius 1 is 0.394 bits per heavy atom. The third kappa shape index (κ3) is 4.81. The van der Waals surface area contributed by atoms with Crippen LogP contribution in [-0.4, -0.2) is 0 Å². The first-order valence-corrected chi connectivity index (χ1v) is 11.2. The molecule has 0 aliphatic carbocycles. The minimum Gasteiger partial charge on any atom is -0.356 e. The van der Waals surface area contributed by atoms with Gasteiger partial charge in [0.25, 0.3) is 0 Å². The molecule has 0 amide bonds. The average molecular weight is 427 g/mol. The lowest BCUT2D eigenvalue weighted by Gasteiger charge is -2.16. The van der Waals surface area contributed by atoms with E-state index in [0.29, 0.717) is 0 Å². The molecule has 33 heavy (non-hydrogen) atoms. The standard InChI is InChI=1S/C31H26N2/c1-23-10-8-9-15-29(23)31-22-28(33-26-13-6-3-7-14-26)20-21-30(31)24-16-18-27(19-17-24)32-25-11-4-2-5-12-25/h2-22,32-33H,1H3. The van der Waals surface area contributed by atoms with Gasteiger partial charge in [-0.1, -0.05) is 78.9 Å². The highest BCUT2D eigenvalue weighted by Crippen LogP contribution is 2.37. The minimum absolute atomic E-state index is 1.07. The molecule has 0 aromatic heterocycles. The molecule has 2 N–H and O–H groups in total. The van der Waals surface area contributed by atoms with E-state index in [1.165, 1.54) is 27.8 Å². The fraction of sp³-hybridized carbons (Fsp3) is 0.0323. The predicted molar refractivity (Wildman–Crippen MR) is 142 cm³/mol. The molecule has 160 valence electrons. The van der Waals surface area contributed by atoms with E-state index in [1.807, 2.05) is 36.4 Å². The third-order valence-electron chi connectivity index (χ3n) is 5.78. The summed E-state index contributed by atoms with van der Waals surface area (Å²) in [7, 11) is 0. The normalized spacial score (nSPS) is 10.6. The van der Waals surface area contributed by atoms with E-state index < -0.39 is 0 Å². The van der Waals surface area contributed by atoms with Crippen molar-refractivity contribution < 1.29 is 0 Å². The molecule has 5 aromatic rings. The highest BCUT2D eigenvalue weighted by atomic mass is 14.9. The summed E-state index contributed by atoms with van der Waals surface area (Å²) in [6.45, 7) is 2.17. The first kappa shape index (κ1) is 20.6. The summed E-state index contributed by atoms with van der Waals surface area (Å²) in [6, 6.07) is 44.4. The molecule has 0 heterocycles. The van der Waals surface area contributed by atoms with E-state index in [2.05, 4.69) is 109 Å². The number of aryl methyl sites for hydroxylation is 1. The van der Waals surface area contributed by atoms with Crippen LogP contribution in [0.1, 0.15) is 5.56 Å². The smallest absolute Gasteiger partial charge is 0.0390 e. The molecule has 5 rings (SSSR count). The topological polar surface area (TPSA) is 24.1 Å². The fourth-order valence-electron chi connectivity index (χ4n) is 4.08. The molecule has 0 spiro atoms. The summed E-state index contributed by atoms with van der Waals surface area (Å²) in [4.78, 5) is 0. The van der Waals surface area contributed by atoms with Gasteiger partial charge in [0, 0.05) is 22.7 Å². The first-order chi connectivity index (χ1) is 16.3. The van der Waals surface area contributed by atoms with Gasteiger partial charge >= 0.3 is 0 Å². The maximum Gasteiger partial charge on any atom is 0.0390 e. The first-order valence-electron chi connectivity index (χ1n) is 11.2. The van der Waals surface area contributed by atoms with Crippen LogP contribution in [0, 0.1) is 6.92 Å². The minimum atomic E-state index is 1.07. The van der Waals surface area contributed by atoms with Crippen LogP contribution < -0.4 is 10.6 Å². The quantitative estimate of drug-likeness (QED) is 0.283. The van der Waals surface area contributed by atoms with E-state index in [-0.39, 0.29) is 0 Å². The van der Waals surface area contributed by atoms with Gasteiger partial charge in [0.2, 0.25) is 0 Å². The molecule has 0 bridgehead atoms. The molecule has 0 atom stereocenters. The maximum atomic E-state index is 3.54. The Labute approximate surface area is 195 Å². The van der Waals surface area contributed by atoms with E-state index >= 15 is 0 Å². The molecule has 0 fully saturated rings. The summed E-state index contributed by atoms with van der Waals surface area (Å²) in [6.07, 6.45) is 0. The van der Waals surface area contributed by atoms with Crippen molar-refractivity contribution in [1.29, 1.82) is 0 Å². The van der Waals surface area contributed by atoms with Gasteiger partial charge in [-0.25, -0.2) is 0 Å². The van der Waals surface area contributed by atoms with Crippen molar-refractivity contribution >= 4 is 22.7 Å². The number of anilines is 4. The van der Waals surface area contributed by atoms with Crippen molar-refractivity contribution in [2.75, 3.05) is 10.6 Å². The van der Waals surface area contributed by atoms with Crippen LogP contribution in [0.3, 0.4) is 0 Å². The molecule has 2 heteroatoms. The summed E-state index contributed by atoms with van der Waals surface area (Å²) in [5.41, 5.74) is 10.5. The van der Waals surface area contributed by atoms with Crippen LogP contribution in [0.25, 0.3) is 22.3 Å². The molecule has 0 saturated heterocycles. The average Bonchev–Trinajstić information content (AvgIpc) is 2.86. The van der Waals surface area contributed by atoms with Gasteiger partial charge in [0.05, 0.1) is 0 Å². The Bertz CT molecular complexity index is 1340. The second-order valence-corrected chi connectivity index (χ2v) is 8.13. The highest BCUT2D eigenvalue weighted by molar-refractivity contribution is 5.88. The lowest BCUT2D eigenvalue weighted by atomic mass is 9.91. The van der Waals surface area contributed by atoms with Crippen LogP contribution in [-0.2, 0) is 0 Å². The van der Waals surface area contributed by atoms with Gasteiger partial charge in [0.1, 0.15) is 0 Å². The maximum absolute atomic E-state index is 3.54. The van der Waals surface area contributed by atoms with Gasteiger partial charge < -0.3 is 10.6 Å². The molecule has 0 aliphatic rings. The largest absolute Gasteiger partial charge is 0.356 e. The Morgan fingerprint density at radius 3 is 1.55 bits per heavy atom. The van der Waals surface area contributed by atoms with Gasteiger partial charge in [0.15, 0.2) is 0 Å². The number of para-hydroxylation sites is 2. The Morgan fingerprint density at radius 2 is 0.909 bits per heavy atom. The molecule has 0 unspecified atom stereocenters. The van der Waals surface area contributed by atoms with Gasteiger partial charge in [-0.3, -0.25) is 0 Å². The highest BCUT2D eigenvalue weighted by Gasteiger charge is 2.11. The lowest BCUT2D eigenvalue weighted by Crippen LogP contribution is -1.94. The summed E-state index contributed by atoms with van der Waals surface area (Å²) >= 11 is 0. The zero-order valence-electron chi connectivity index (χ0n) is 18.6. The van der Waals surface area contributed by atoms with Gasteiger partial charge in [-0.05, 0) is 83.3 Å². The second-order valence-electron chi connectivity index (χ2n) is 8.13. The van der Waals surface area contributed by atoms with Crippen LogP contribution in [0.15, 0.2) is 127 Å². The van der Waals surface area contributed by atoms with Crippen molar-refractivity contribution in [1.82, 2.24) is 0 Å². The van der Waals surface area contributed by atoms with Gasteiger partial charge in [-0.2, -0.15) is 0 Å². The zero-order chi connectivity index (χ0) is 22.5. The van der Waals surface area contributed by atoms with E-state index in [9.17, 15) is 0 Å². The summed E-state index contributed by atoms with van der Waals surface area (Å²) in [5, 5.41) is 7.00. The van der Waals surface area contributed by atoms with E-state index in [0.717, 1.165) is 22.7 Å². The van der Waals surface area contributed by atoms with Gasteiger partial charge in [-0.15, -0.1) is 0 Å². The number of hydrogen-bond acceptors (Lipinski definition) is 2. The summed E-state index contributed by atoms with van der Waals surface area (Å²) < 4.78 is 0. The van der Waals surface area contributed by atoms with Crippen molar-refractivity contribution in [2.24, 2.45) is 0 Å². The molecule has 2 nitrogen and oxygen atoms in total. The Kier molecular flexibility index (Phi) is 5.90. The van der Waals surface area contributed by atoms with E-state index in [4.69, 9.17) is 0 Å². The number of nitrogens with one attached hydrogen (secondary N) is 2. The molecule has 0 aliphatic heterocycles. The van der Waals surface area contributed by atoms with Crippen LogP contribution >= 0.6 is 0 Å².